The molecule has 0 unspecified atom stereocenters. The number of nitrogens with one attached hydrogen (secondary N) is 1. The zero-order chi connectivity index (χ0) is 19.4. The fourth-order valence-electron chi connectivity index (χ4n) is 2.47. The Morgan fingerprint density at radius 1 is 1.30 bits per heavy atom. The molecule has 1 aromatic heterocycles. The topological polar surface area (TPSA) is 120 Å². The van der Waals surface area contributed by atoms with Crippen LogP contribution in [0.15, 0.2) is 47.0 Å². The van der Waals surface area contributed by atoms with Gasteiger partial charge in [-0.3, -0.25) is 14.9 Å². The van der Waals surface area contributed by atoms with E-state index < -0.39 is 10.8 Å². The maximum Gasteiger partial charge on any atom is 0.272 e. The summed E-state index contributed by atoms with van der Waals surface area (Å²) < 4.78 is 10.3. The molecule has 0 aliphatic heterocycles. The van der Waals surface area contributed by atoms with Crippen molar-refractivity contribution in [3.05, 3.63) is 69.6 Å². The predicted molar refractivity (Wildman–Crippen MR) is 95.3 cm³/mol. The van der Waals surface area contributed by atoms with E-state index in [1.807, 2.05) is 12.1 Å². The minimum Gasteiger partial charge on any atom is -0.497 e. The Kier molecular flexibility index (Phi) is 5.11. The molecule has 0 aliphatic rings. The third-order valence-electron chi connectivity index (χ3n) is 3.85. The van der Waals surface area contributed by atoms with Crippen LogP contribution in [0.2, 0.25) is 0 Å². The van der Waals surface area contributed by atoms with Gasteiger partial charge in [-0.1, -0.05) is 17.3 Å². The molecule has 1 N–H and O–H groups in total. The molecule has 0 saturated carbocycles. The van der Waals surface area contributed by atoms with Crippen LogP contribution in [0, 0.1) is 17.0 Å². The molecule has 0 fully saturated rings. The second-order valence-corrected chi connectivity index (χ2v) is 5.68. The molecule has 3 aromatic rings. The Bertz CT molecular complexity index is 999. The number of hydrogen-bond donors (Lipinski definition) is 1. The Balaban J connectivity index is 1.67. The fourth-order valence-corrected chi connectivity index (χ4v) is 2.47. The van der Waals surface area contributed by atoms with Gasteiger partial charge in [0.1, 0.15) is 5.75 Å². The molecule has 9 heteroatoms. The van der Waals surface area contributed by atoms with Crippen LogP contribution in [-0.2, 0) is 6.54 Å². The highest BCUT2D eigenvalue weighted by atomic mass is 16.6. The van der Waals surface area contributed by atoms with Crippen molar-refractivity contribution in [2.24, 2.45) is 0 Å². The molecule has 0 bridgehead atoms. The van der Waals surface area contributed by atoms with Crippen molar-refractivity contribution in [3.63, 3.8) is 0 Å². The van der Waals surface area contributed by atoms with E-state index >= 15 is 0 Å². The minimum absolute atomic E-state index is 0.0336. The molecule has 0 atom stereocenters. The summed E-state index contributed by atoms with van der Waals surface area (Å²) in [5.41, 5.74) is 1.41. The molecule has 0 aliphatic carbocycles. The normalized spacial score (nSPS) is 10.4. The number of benzene rings is 2. The van der Waals surface area contributed by atoms with Crippen LogP contribution < -0.4 is 10.1 Å². The van der Waals surface area contributed by atoms with Gasteiger partial charge in [-0.25, -0.2) is 0 Å². The van der Waals surface area contributed by atoms with Gasteiger partial charge in [-0.2, -0.15) is 4.98 Å². The van der Waals surface area contributed by atoms with Crippen molar-refractivity contribution >= 4 is 11.6 Å². The second-order valence-electron chi connectivity index (χ2n) is 5.68. The van der Waals surface area contributed by atoms with Gasteiger partial charge in [0.15, 0.2) is 0 Å². The Labute approximate surface area is 154 Å². The zero-order valence-electron chi connectivity index (χ0n) is 14.6. The summed E-state index contributed by atoms with van der Waals surface area (Å²) >= 11 is 0. The number of methoxy groups -OCH3 is 1. The number of nitro groups is 1. The van der Waals surface area contributed by atoms with Crippen LogP contribution in [0.4, 0.5) is 5.69 Å². The highest BCUT2D eigenvalue weighted by Gasteiger charge is 2.15. The largest absolute Gasteiger partial charge is 0.497 e. The summed E-state index contributed by atoms with van der Waals surface area (Å²) in [7, 11) is 1.57. The average molecular weight is 368 g/mol. The summed E-state index contributed by atoms with van der Waals surface area (Å²) in [6, 6.07) is 11.4. The molecule has 1 heterocycles. The van der Waals surface area contributed by atoms with Gasteiger partial charge in [-0.15, -0.1) is 0 Å². The van der Waals surface area contributed by atoms with Crippen LogP contribution in [0.3, 0.4) is 0 Å². The maximum absolute atomic E-state index is 12.2. The van der Waals surface area contributed by atoms with Gasteiger partial charge in [0.2, 0.25) is 11.7 Å². The zero-order valence-corrected chi connectivity index (χ0v) is 14.6. The number of hydrogen-bond acceptors (Lipinski definition) is 7. The highest BCUT2D eigenvalue weighted by Crippen LogP contribution is 2.21. The quantitative estimate of drug-likeness (QED) is 0.524. The lowest BCUT2D eigenvalue weighted by Gasteiger charge is -2.04. The van der Waals surface area contributed by atoms with Crippen LogP contribution in [-0.4, -0.2) is 28.1 Å². The molecular weight excluding hydrogens is 352 g/mol. The molecular formula is C18H16N4O5. The van der Waals surface area contributed by atoms with E-state index in [0.29, 0.717) is 22.7 Å². The van der Waals surface area contributed by atoms with Crippen molar-refractivity contribution < 1.29 is 19.0 Å². The van der Waals surface area contributed by atoms with Crippen LogP contribution in [0.25, 0.3) is 11.4 Å². The van der Waals surface area contributed by atoms with E-state index in [2.05, 4.69) is 15.5 Å². The first-order chi connectivity index (χ1) is 13.0. The Hall–Kier alpha value is -3.75. The fraction of sp³-hybridized carbons (Fsp3) is 0.167. The molecule has 27 heavy (non-hydrogen) atoms. The van der Waals surface area contributed by atoms with Crippen molar-refractivity contribution in [1.29, 1.82) is 0 Å². The van der Waals surface area contributed by atoms with Gasteiger partial charge in [0, 0.05) is 22.8 Å². The lowest BCUT2D eigenvalue weighted by molar-refractivity contribution is -0.385. The summed E-state index contributed by atoms with van der Waals surface area (Å²) in [6.07, 6.45) is 0. The van der Waals surface area contributed by atoms with Gasteiger partial charge in [-0.05, 0) is 31.2 Å². The summed E-state index contributed by atoms with van der Waals surface area (Å²) in [4.78, 5) is 26.8. The number of carbonyl (C=O) groups excluding carboxylic acids is 1. The number of rotatable bonds is 6. The molecule has 0 spiro atoms. The van der Waals surface area contributed by atoms with Gasteiger partial charge >= 0.3 is 0 Å². The first-order valence-electron chi connectivity index (χ1n) is 7.98. The third kappa shape index (κ3) is 4.09. The van der Waals surface area contributed by atoms with E-state index in [-0.39, 0.29) is 18.1 Å². The van der Waals surface area contributed by atoms with E-state index in [1.54, 1.807) is 26.2 Å². The number of ether oxygens (including phenoxy) is 1. The average Bonchev–Trinajstić information content (AvgIpc) is 3.15. The number of carbonyl (C=O) groups is 1. The molecule has 0 saturated heterocycles. The first-order valence-corrected chi connectivity index (χ1v) is 7.98. The monoisotopic (exact) mass is 368 g/mol. The molecule has 0 radical (unpaired) electrons. The van der Waals surface area contributed by atoms with Crippen LogP contribution >= 0.6 is 0 Å². The van der Waals surface area contributed by atoms with E-state index in [1.165, 1.54) is 18.2 Å². The standard InChI is InChI=1S/C18H16N4O5/c1-11-8-13(6-7-15(11)22(24)25)18(23)19-10-16-20-17(21-27-16)12-4-3-5-14(9-12)26-2/h3-9H,10H2,1-2H3,(H,19,23). The predicted octanol–water partition coefficient (Wildman–Crippen LogP) is 2.89. The second kappa shape index (κ2) is 7.65. The Morgan fingerprint density at radius 2 is 2.11 bits per heavy atom. The first kappa shape index (κ1) is 18.1. The lowest BCUT2D eigenvalue weighted by atomic mass is 10.1. The van der Waals surface area contributed by atoms with Crippen molar-refractivity contribution in [2.75, 3.05) is 7.11 Å². The smallest absolute Gasteiger partial charge is 0.272 e. The summed E-state index contributed by atoms with van der Waals surface area (Å²) in [5, 5.41) is 17.4. The van der Waals surface area contributed by atoms with Gasteiger partial charge in [0.25, 0.3) is 11.6 Å². The van der Waals surface area contributed by atoms with Crippen LogP contribution in [0.5, 0.6) is 5.75 Å². The molecule has 138 valence electrons. The highest BCUT2D eigenvalue weighted by molar-refractivity contribution is 5.94. The number of amides is 1. The lowest BCUT2D eigenvalue weighted by Crippen LogP contribution is -2.23. The summed E-state index contributed by atoms with van der Waals surface area (Å²) in [5.74, 6) is 0.888. The number of aromatic nitrogens is 2. The number of nitrogens with zero attached hydrogens (tertiary/aromatic N) is 3. The van der Waals surface area contributed by atoms with E-state index in [0.717, 1.165) is 5.56 Å². The number of aryl methyl sites for hydroxylation is 1. The molecule has 2 aromatic carbocycles. The number of nitro benzene ring substituents is 1. The van der Waals surface area contributed by atoms with Crippen molar-refractivity contribution in [2.45, 2.75) is 13.5 Å². The van der Waals surface area contributed by atoms with Crippen molar-refractivity contribution in [3.8, 4) is 17.1 Å². The molecule has 9 nitrogen and oxygen atoms in total. The van der Waals surface area contributed by atoms with Crippen LogP contribution in [0.1, 0.15) is 21.8 Å². The molecule has 1 amide bonds. The van der Waals surface area contributed by atoms with E-state index in [9.17, 15) is 14.9 Å². The van der Waals surface area contributed by atoms with Gasteiger partial charge < -0.3 is 14.6 Å². The molecule has 3 rings (SSSR count). The van der Waals surface area contributed by atoms with Gasteiger partial charge in [0.05, 0.1) is 18.6 Å². The Morgan fingerprint density at radius 3 is 2.81 bits per heavy atom. The summed E-state index contributed by atoms with van der Waals surface area (Å²) in [6.45, 7) is 1.61. The SMILES string of the molecule is COc1cccc(-c2noc(CNC(=O)c3ccc([N+](=O)[O-])c(C)c3)n2)c1. The van der Waals surface area contributed by atoms with Crippen molar-refractivity contribution in [1.82, 2.24) is 15.5 Å². The minimum atomic E-state index is -0.491. The maximum atomic E-state index is 12.2. The van der Waals surface area contributed by atoms with E-state index in [4.69, 9.17) is 9.26 Å². The third-order valence-corrected chi connectivity index (χ3v) is 3.85.